The van der Waals surface area contributed by atoms with Crippen molar-refractivity contribution in [3.8, 4) is 17.6 Å². The van der Waals surface area contributed by atoms with Crippen LogP contribution in [0.3, 0.4) is 0 Å². The van der Waals surface area contributed by atoms with E-state index in [0.29, 0.717) is 68.9 Å². The molecule has 0 bridgehead atoms. The molecule has 21 heteroatoms. The van der Waals surface area contributed by atoms with Crippen LogP contribution in [-0.4, -0.2) is 124 Å². The van der Waals surface area contributed by atoms with Crippen LogP contribution in [0.15, 0.2) is 59.7 Å². The Kier molecular flexibility index (Phi) is 12.0. The zero-order valence-electron chi connectivity index (χ0n) is 37.3. The van der Waals surface area contributed by atoms with Crippen LogP contribution in [0.5, 0.6) is 11.5 Å². The minimum atomic E-state index is -4.25. The van der Waals surface area contributed by atoms with E-state index in [4.69, 9.17) is 9.47 Å². The van der Waals surface area contributed by atoms with Crippen LogP contribution in [0, 0.1) is 17.1 Å². The number of ether oxygens (including phenoxy) is 2. The number of hydrogen-bond acceptors (Lipinski definition) is 12. The minimum absolute atomic E-state index is 0.0102. The number of nitrogens with zero attached hydrogens (tertiary/aromatic N) is 8. The lowest BCUT2D eigenvalue weighted by Gasteiger charge is -2.40. The topological polar surface area (TPSA) is 214 Å². The third-order valence-electron chi connectivity index (χ3n) is 14.4. The summed E-state index contributed by atoms with van der Waals surface area (Å²) in [5.74, 6) is -2.10. The average molecular weight is 953 g/mol. The predicted octanol–water partition coefficient (Wildman–Crippen LogP) is 4.51. The van der Waals surface area contributed by atoms with Crippen molar-refractivity contribution in [1.82, 2.24) is 38.8 Å². The molecule has 18 nitrogen and oxygen atoms in total. The summed E-state index contributed by atoms with van der Waals surface area (Å²) < 4.78 is 73.6. The minimum Gasteiger partial charge on any atom is -0.453 e. The number of nitriles is 1. The number of nitrogens with one attached hydrogen (secondary N) is 2. The summed E-state index contributed by atoms with van der Waals surface area (Å²) in [6.45, 7) is 2.83. The lowest BCUT2D eigenvalue weighted by atomic mass is 9.87. The number of piperidine rings is 3. The molecule has 68 heavy (non-hydrogen) atoms. The summed E-state index contributed by atoms with van der Waals surface area (Å²) in [5.41, 5.74) is 1.62. The van der Waals surface area contributed by atoms with Gasteiger partial charge in [0.1, 0.15) is 23.6 Å². The van der Waals surface area contributed by atoms with Crippen LogP contribution in [0.1, 0.15) is 86.1 Å². The molecule has 3 atom stereocenters. The molecule has 1 spiro atoms. The number of aromatic nitrogens is 4. The molecule has 0 aliphatic carbocycles. The maximum Gasteiger partial charge on any atom is 0.301 e. The first-order chi connectivity index (χ1) is 32.7. The highest BCUT2D eigenvalue weighted by molar-refractivity contribution is 7.90. The molecule has 5 aromatic rings. The monoisotopic (exact) mass is 952 g/mol. The van der Waals surface area contributed by atoms with E-state index in [1.165, 1.54) is 34.7 Å². The standard InChI is InChI=1S/C47H50F2N10O8S/c1-55-40-20-29(2-4-33(40)43(53-55)34-5-9-41(60)52-45(34)62)28-10-15-56(16-11-28)25-42(61)57-18-13-47(14-19-57)22-31(26-66-47)59-27-51-38-7-3-32(21-35(38)46(59)63)67-44-36(23-50)39(8-6-37(44)49)54-68(64,65)58-17-12-30(48)24-58/h2-4,6-8,20-21,27-28,30-31,34,54H,5,9-19,22,24-26H2,1H3,(H,52,60,62)/t30-,31-,34?/m1/s1. The van der Waals surface area contributed by atoms with Gasteiger partial charge in [0.2, 0.25) is 17.7 Å². The molecule has 5 fully saturated rings. The number of benzene rings is 3. The maximum atomic E-state index is 15.2. The lowest BCUT2D eigenvalue weighted by molar-refractivity contribution is -0.137. The second-order valence-electron chi connectivity index (χ2n) is 18.6. The van der Waals surface area contributed by atoms with Gasteiger partial charge in [-0.2, -0.15) is 23.1 Å². The number of alkyl halides is 1. The van der Waals surface area contributed by atoms with Crippen molar-refractivity contribution in [3.05, 3.63) is 87.9 Å². The third kappa shape index (κ3) is 8.69. The number of hydrogen-bond donors (Lipinski definition) is 2. The van der Waals surface area contributed by atoms with Crippen molar-refractivity contribution in [2.45, 2.75) is 81.0 Å². The molecule has 2 N–H and O–H groups in total. The molecule has 5 saturated heterocycles. The van der Waals surface area contributed by atoms with Gasteiger partial charge in [0.05, 0.1) is 64.8 Å². The molecule has 3 amide bonds. The van der Waals surface area contributed by atoms with Crippen molar-refractivity contribution in [2.75, 3.05) is 57.1 Å². The van der Waals surface area contributed by atoms with Gasteiger partial charge >= 0.3 is 10.2 Å². The number of carbonyl (C=O) groups is 3. The number of rotatable bonds is 10. The van der Waals surface area contributed by atoms with E-state index in [1.54, 1.807) is 10.8 Å². The number of halogens is 2. The Hall–Kier alpha value is -6.34. The zero-order chi connectivity index (χ0) is 47.5. The summed E-state index contributed by atoms with van der Waals surface area (Å²) in [6.07, 6.45) is 4.50. The number of carbonyl (C=O) groups excluding carboxylic acids is 3. The number of imide groups is 1. The first-order valence-electron chi connectivity index (χ1n) is 23.0. The molecule has 2 aromatic heterocycles. The van der Waals surface area contributed by atoms with Crippen molar-refractivity contribution < 1.29 is 41.1 Å². The van der Waals surface area contributed by atoms with Crippen molar-refractivity contribution >= 4 is 55.4 Å². The molecule has 10 rings (SSSR count). The van der Waals surface area contributed by atoms with Gasteiger partial charge in [-0.3, -0.25) is 43.4 Å². The van der Waals surface area contributed by atoms with Crippen LogP contribution in [0.2, 0.25) is 0 Å². The van der Waals surface area contributed by atoms with Gasteiger partial charge in [-0.05, 0) is 106 Å². The highest BCUT2D eigenvalue weighted by Crippen LogP contribution is 2.41. The van der Waals surface area contributed by atoms with Gasteiger partial charge in [0.15, 0.2) is 11.6 Å². The fraction of sp³-hybridized carbons (Fsp3) is 0.468. The van der Waals surface area contributed by atoms with Gasteiger partial charge < -0.3 is 14.4 Å². The van der Waals surface area contributed by atoms with E-state index in [2.05, 4.69) is 37.2 Å². The van der Waals surface area contributed by atoms with Crippen molar-refractivity contribution in [2.24, 2.45) is 7.05 Å². The second kappa shape index (κ2) is 18.0. The molecule has 5 aliphatic rings. The Labute approximate surface area is 389 Å². The lowest BCUT2D eigenvalue weighted by Crippen LogP contribution is -2.50. The first kappa shape index (κ1) is 45.4. The van der Waals surface area contributed by atoms with Crippen molar-refractivity contribution in [1.29, 1.82) is 5.26 Å². The van der Waals surface area contributed by atoms with E-state index >= 15 is 4.39 Å². The summed E-state index contributed by atoms with van der Waals surface area (Å²) >= 11 is 0. The largest absolute Gasteiger partial charge is 0.453 e. The molecular formula is C47H50F2N10O8S. The van der Waals surface area contributed by atoms with Gasteiger partial charge in [0.25, 0.3) is 5.56 Å². The number of likely N-dealkylation sites (tertiary alicyclic amines) is 2. The fourth-order valence-corrected chi connectivity index (χ4v) is 11.8. The van der Waals surface area contributed by atoms with Crippen LogP contribution < -0.4 is 20.3 Å². The van der Waals surface area contributed by atoms with Crippen molar-refractivity contribution in [3.63, 3.8) is 0 Å². The van der Waals surface area contributed by atoms with E-state index in [9.17, 15) is 37.2 Å². The Morgan fingerprint density at radius 3 is 2.54 bits per heavy atom. The fourth-order valence-electron chi connectivity index (χ4n) is 10.5. The molecule has 7 heterocycles. The van der Waals surface area contributed by atoms with Gasteiger partial charge in [0, 0.05) is 45.0 Å². The maximum absolute atomic E-state index is 15.2. The van der Waals surface area contributed by atoms with E-state index in [0.717, 1.165) is 53.3 Å². The molecule has 356 valence electrons. The zero-order valence-corrected chi connectivity index (χ0v) is 38.1. The summed E-state index contributed by atoms with van der Waals surface area (Å²) in [4.78, 5) is 60.5. The van der Waals surface area contributed by atoms with Gasteiger partial charge in [-0.15, -0.1) is 0 Å². The molecule has 3 aromatic carbocycles. The second-order valence-corrected chi connectivity index (χ2v) is 20.2. The third-order valence-corrected chi connectivity index (χ3v) is 15.9. The number of aryl methyl sites for hydroxylation is 1. The van der Waals surface area contributed by atoms with Crippen LogP contribution in [-0.2, 0) is 36.4 Å². The van der Waals surface area contributed by atoms with Gasteiger partial charge in [-0.25, -0.2) is 13.8 Å². The molecule has 0 radical (unpaired) electrons. The highest BCUT2D eigenvalue weighted by Gasteiger charge is 2.45. The van der Waals surface area contributed by atoms with Gasteiger partial charge in [-0.1, -0.05) is 12.1 Å². The summed E-state index contributed by atoms with van der Waals surface area (Å²) in [5, 5.41) is 18.2. The Bertz CT molecular complexity index is 3070. The SMILES string of the molecule is Cn1nc(C2CCC(=O)NC2=O)c2ccc(C3CCN(CC(=O)N4CCC5(CC4)C[C@@H](n4cnc6ccc(Oc7c(F)ccc(NS(=O)(=O)N8CC[C@@H](F)C8)c7C#N)cc6c4=O)CO5)CC3)cc21. The van der Waals surface area contributed by atoms with E-state index in [-0.39, 0.29) is 72.3 Å². The van der Waals surface area contributed by atoms with E-state index < -0.39 is 45.0 Å². The smallest absolute Gasteiger partial charge is 0.301 e. The molecular weight excluding hydrogens is 903 g/mol. The number of amides is 3. The number of fused-ring (bicyclic) bond motifs is 2. The Morgan fingerprint density at radius 2 is 1.81 bits per heavy atom. The average Bonchev–Trinajstić information content (AvgIpc) is 4.05. The Morgan fingerprint density at radius 1 is 1.01 bits per heavy atom. The molecule has 5 aliphatic heterocycles. The van der Waals surface area contributed by atoms with Crippen LogP contribution >= 0.6 is 0 Å². The normalized spacial score (nSPS) is 22.8. The summed E-state index contributed by atoms with van der Waals surface area (Å²) in [7, 11) is -2.38. The predicted molar refractivity (Wildman–Crippen MR) is 243 cm³/mol. The Balaban J connectivity index is 0.740. The summed E-state index contributed by atoms with van der Waals surface area (Å²) in [6, 6.07) is 14.2. The van der Waals surface area contributed by atoms with Crippen LogP contribution in [0.4, 0.5) is 14.5 Å². The van der Waals surface area contributed by atoms with E-state index in [1.807, 2.05) is 18.0 Å². The first-order valence-corrected chi connectivity index (χ1v) is 24.4. The number of anilines is 1. The molecule has 0 saturated carbocycles. The highest BCUT2D eigenvalue weighted by atomic mass is 32.2. The molecule has 1 unspecified atom stereocenters. The van der Waals surface area contributed by atoms with Crippen LogP contribution in [0.25, 0.3) is 21.8 Å². The quantitative estimate of drug-likeness (QED) is 0.185.